The molecule has 2 N–H and O–H groups in total. The van der Waals surface area contributed by atoms with E-state index >= 15 is 0 Å². The van der Waals surface area contributed by atoms with E-state index in [9.17, 15) is 22.8 Å². The fourth-order valence-electron chi connectivity index (χ4n) is 2.36. The summed E-state index contributed by atoms with van der Waals surface area (Å²) in [5.74, 6) is -1.74. The van der Waals surface area contributed by atoms with Crippen LogP contribution in [-0.4, -0.2) is 62.8 Å². The van der Waals surface area contributed by atoms with E-state index < -0.39 is 40.5 Å². The van der Waals surface area contributed by atoms with Gasteiger partial charge in [-0.05, 0) is 38.1 Å². The molecule has 28 heavy (non-hydrogen) atoms. The zero-order valence-corrected chi connectivity index (χ0v) is 17.3. The molecular weight excluding hydrogens is 386 g/mol. The van der Waals surface area contributed by atoms with E-state index in [2.05, 4.69) is 10.6 Å². The highest BCUT2D eigenvalue weighted by molar-refractivity contribution is 7.89. The van der Waals surface area contributed by atoms with Crippen LogP contribution in [0, 0.1) is 0 Å². The number of carbonyl (C=O) groups excluding carboxylic acids is 3. The summed E-state index contributed by atoms with van der Waals surface area (Å²) in [6, 6.07) is 5.43. The lowest BCUT2D eigenvalue weighted by molar-refractivity contribution is -0.153. The standard InChI is InChI=1S/C18H27N3O6S/c1-5-19-17(23)13(4)27-16(22)12-20-18(24)14-8-10-15(11-9-14)28(25,26)21(6-2)7-3/h8-11,13H,5-7,12H2,1-4H3,(H,19,23)(H,20,24)/t13-/m0/s1. The maximum Gasteiger partial charge on any atom is 0.326 e. The third-order valence-corrected chi connectivity index (χ3v) is 5.95. The van der Waals surface area contributed by atoms with Crippen LogP contribution in [0.3, 0.4) is 0 Å². The molecule has 1 rings (SSSR count). The Morgan fingerprint density at radius 3 is 2.11 bits per heavy atom. The van der Waals surface area contributed by atoms with Gasteiger partial charge in [-0.3, -0.25) is 14.4 Å². The molecule has 156 valence electrons. The zero-order valence-electron chi connectivity index (χ0n) is 16.5. The van der Waals surface area contributed by atoms with Gasteiger partial charge in [-0.15, -0.1) is 0 Å². The van der Waals surface area contributed by atoms with Crippen molar-refractivity contribution in [1.29, 1.82) is 0 Å². The van der Waals surface area contributed by atoms with Crippen LogP contribution >= 0.6 is 0 Å². The molecule has 0 fully saturated rings. The predicted molar refractivity (Wildman–Crippen MR) is 103 cm³/mol. The van der Waals surface area contributed by atoms with Gasteiger partial charge in [-0.25, -0.2) is 8.42 Å². The maximum absolute atomic E-state index is 12.4. The third-order valence-electron chi connectivity index (χ3n) is 3.88. The average Bonchev–Trinajstić information content (AvgIpc) is 2.67. The summed E-state index contributed by atoms with van der Waals surface area (Å²) >= 11 is 0. The van der Waals surface area contributed by atoms with Gasteiger partial charge in [-0.1, -0.05) is 13.8 Å². The van der Waals surface area contributed by atoms with Crippen molar-refractivity contribution in [1.82, 2.24) is 14.9 Å². The molecule has 9 nitrogen and oxygen atoms in total. The first-order valence-corrected chi connectivity index (χ1v) is 10.5. The highest BCUT2D eigenvalue weighted by Gasteiger charge is 2.22. The van der Waals surface area contributed by atoms with Crippen molar-refractivity contribution in [2.45, 2.75) is 38.7 Å². The molecule has 10 heteroatoms. The number of amides is 2. The summed E-state index contributed by atoms with van der Waals surface area (Å²) in [7, 11) is -3.61. The van der Waals surface area contributed by atoms with Crippen molar-refractivity contribution in [2.24, 2.45) is 0 Å². The molecule has 0 aliphatic rings. The second-order valence-corrected chi connectivity index (χ2v) is 7.76. The van der Waals surface area contributed by atoms with Gasteiger partial charge in [0.05, 0.1) is 4.90 Å². The Hall–Kier alpha value is -2.46. The summed E-state index contributed by atoms with van der Waals surface area (Å²) in [4.78, 5) is 35.4. The first-order chi connectivity index (χ1) is 13.2. The Morgan fingerprint density at radius 2 is 1.61 bits per heavy atom. The lowest BCUT2D eigenvalue weighted by atomic mass is 10.2. The number of benzene rings is 1. The molecule has 0 radical (unpaired) electrons. The van der Waals surface area contributed by atoms with E-state index in [1.807, 2.05) is 0 Å². The number of rotatable bonds is 10. The van der Waals surface area contributed by atoms with Gasteiger partial charge in [0.25, 0.3) is 11.8 Å². The molecule has 2 amide bonds. The zero-order chi connectivity index (χ0) is 21.3. The molecule has 1 atom stereocenters. The number of hydrogen-bond acceptors (Lipinski definition) is 6. The van der Waals surface area contributed by atoms with Crippen LogP contribution in [-0.2, 0) is 24.3 Å². The molecule has 0 unspecified atom stereocenters. The van der Waals surface area contributed by atoms with Crippen molar-refractivity contribution in [3.63, 3.8) is 0 Å². The minimum absolute atomic E-state index is 0.0860. The monoisotopic (exact) mass is 413 g/mol. The number of carbonyl (C=O) groups is 3. The fraction of sp³-hybridized carbons (Fsp3) is 0.500. The Balaban J connectivity index is 2.67. The van der Waals surface area contributed by atoms with Crippen molar-refractivity contribution in [2.75, 3.05) is 26.2 Å². The van der Waals surface area contributed by atoms with Gasteiger partial charge in [0.1, 0.15) is 6.54 Å². The van der Waals surface area contributed by atoms with Crippen LogP contribution in [0.25, 0.3) is 0 Å². The molecular formula is C18H27N3O6S. The highest BCUT2D eigenvalue weighted by Crippen LogP contribution is 2.16. The quantitative estimate of drug-likeness (QED) is 0.539. The molecule has 0 saturated carbocycles. The molecule has 0 aliphatic heterocycles. The van der Waals surface area contributed by atoms with Gasteiger partial charge in [0.15, 0.2) is 6.10 Å². The fourth-order valence-corrected chi connectivity index (χ4v) is 3.81. The molecule has 0 aliphatic carbocycles. The van der Waals surface area contributed by atoms with Crippen LogP contribution < -0.4 is 10.6 Å². The highest BCUT2D eigenvalue weighted by atomic mass is 32.2. The molecule has 0 bridgehead atoms. The van der Waals surface area contributed by atoms with Gasteiger partial charge < -0.3 is 15.4 Å². The van der Waals surface area contributed by atoms with Crippen LogP contribution in [0.5, 0.6) is 0 Å². The van der Waals surface area contributed by atoms with E-state index in [1.165, 1.54) is 35.5 Å². The smallest absolute Gasteiger partial charge is 0.326 e. The van der Waals surface area contributed by atoms with Gasteiger partial charge in [0.2, 0.25) is 10.0 Å². The Bertz CT molecular complexity index is 788. The number of nitrogens with zero attached hydrogens (tertiary/aromatic N) is 1. The summed E-state index contributed by atoms with van der Waals surface area (Å²) in [5, 5.41) is 4.89. The van der Waals surface area contributed by atoms with Gasteiger partial charge >= 0.3 is 5.97 Å². The van der Waals surface area contributed by atoms with Crippen molar-refractivity contribution in [3.05, 3.63) is 29.8 Å². The summed E-state index contributed by atoms with van der Waals surface area (Å²) in [6.45, 7) is 7.35. The van der Waals surface area contributed by atoms with E-state index in [0.29, 0.717) is 19.6 Å². The number of nitrogens with one attached hydrogen (secondary N) is 2. The van der Waals surface area contributed by atoms with Crippen LogP contribution in [0.2, 0.25) is 0 Å². The number of ether oxygens (including phenoxy) is 1. The summed E-state index contributed by atoms with van der Waals surface area (Å²) in [5.41, 5.74) is 0.197. The van der Waals surface area contributed by atoms with Crippen LogP contribution in [0.4, 0.5) is 0 Å². The molecule has 1 aromatic carbocycles. The number of hydrogen-bond donors (Lipinski definition) is 2. The number of esters is 1. The first kappa shape index (κ1) is 23.6. The number of likely N-dealkylation sites (N-methyl/N-ethyl adjacent to an activating group) is 1. The van der Waals surface area contributed by atoms with Crippen molar-refractivity contribution < 1.29 is 27.5 Å². The minimum atomic E-state index is -3.61. The maximum atomic E-state index is 12.4. The van der Waals surface area contributed by atoms with Crippen LogP contribution in [0.1, 0.15) is 38.1 Å². The lowest BCUT2D eigenvalue weighted by Gasteiger charge is -2.18. The van der Waals surface area contributed by atoms with E-state index in [-0.39, 0.29) is 10.5 Å². The predicted octanol–water partition coefficient (Wildman–Crippen LogP) is 0.515. The van der Waals surface area contributed by atoms with Gasteiger partial charge in [0, 0.05) is 25.2 Å². The number of sulfonamides is 1. The second kappa shape index (κ2) is 10.8. The van der Waals surface area contributed by atoms with Crippen molar-refractivity contribution >= 4 is 27.8 Å². The van der Waals surface area contributed by atoms with E-state index in [0.717, 1.165) is 0 Å². The lowest BCUT2D eigenvalue weighted by Crippen LogP contribution is -2.38. The largest absolute Gasteiger partial charge is 0.451 e. The second-order valence-electron chi connectivity index (χ2n) is 5.82. The SMILES string of the molecule is CCNC(=O)[C@H](C)OC(=O)CNC(=O)c1ccc(S(=O)(=O)N(CC)CC)cc1. The summed E-state index contributed by atoms with van der Waals surface area (Å²) < 4.78 is 31.1. The van der Waals surface area contributed by atoms with Crippen molar-refractivity contribution in [3.8, 4) is 0 Å². The normalized spacial score (nSPS) is 12.3. The van der Waals surface area contributed by atoms with E-state index in [1.54, 1.807) is 20.8 Å². The Labute approximate surface area is 165 Å². The first-order valence-electron chi connectivity index (χ1n) is 9.02. The molecule has 0 spiro atoms. The third kappa shape index (κ3) is 6.31. The average molecular weight is 413 g/mol. The van der Waals surface area contributed by atoms with Crippen LogP contribution in [0.15, 0.2) is 29.2 Å². The molecule has 0 aromatic heterocycles. The molecule has 0 heterocycles. The summed E-state index contributed by atoms with van der Waals surface area (Å²) in [6.07, 6.45) is -0.964. The topological polar surface area (TPSA) is 122 Å². The Morgan fingerprint density at radius 1 is 1.04 bits per heavy atom. The minimum Gasteiger partial charge on any atom is -0.451 e. The van der Waals surface area contributed by atoms with E-state index in [4.69, 9.17) is 4.74 Å². The molecule has 1 aromatic rings. The Kier molecular flexibility index (Phi) is 9.07. The molecule has 0 saturated heterocycles. The van der Waals surface area contributed by atoms with Gasteiger partial charge in [-0.2, -0.15) is 4.31 Å².